The first-order chi connectivity index (χ1) is 12.5. The first-order valence-electron chi connectivity index (χ1n) is 7.86. The Balaban J connectivity index is -0.0000000787. The Labute approximate surface area is 160 Å². The van der Waals surface area contributed by atoms with Gasteiger partial charge in [-0.2, -0.15) is 0 Å². The molecule has 6 N–H and O–H groups in total. The van der Waals surface area contributed by atoms with E-state index in [-0.39, 0.29) is 19.8 Å². The Kier molecular flexibility index (Phi) is 37.3. The second-order valence-electron chi connectivity index (χ2n) is 4.66. The summed E-state index contributed by atoms with van der Waals surface area (Å²) in [5, 5.41) is 48.8. The van der Waals surface area contributed by atoms with Crippen LogP contribution in [-0.4, -0.2) is 68.4 Å². The van der Waals surface area contributed by atoms with Crippen molar-refractivity contribution in [3.05, 3.63) is 38.0 Å². The number of carboxylic acid groups (broad SMARTS) is 3. The van der Waals surface area contributed by atoms with Gasteiger partial charge in [-0.1, -0.05) is 46.9 Å². The lowest BCUT2D eigenvalue weighted by Crippen LogP contribution is -2.32. The molecule has 0 bridgehead atoms. The molecule has 0 aliphatic heterocycles. The maximum absolute atomic E-state index is 9.25. The van der Waals surface area contributed by atoms with Crippen LogP contribution in [-0.2, 0) is 14.4 Å². The lowest BCUT2D eigenvalue weighted by Gasteiger charge is -2.24. The molecule has 0 atom stereocenters. The van der Waals surface area contributed by atoms with Gasteiger partial charge in [0.05, 0.1) is 19.8 Å². The van der Waals surface area contributed by atoms with Gasteiger partial charge in [0, 0.05) is 23.6 Å². The van der Waals surface area contributed by atoms with Gasteiger partial charge in [0.15, 0.2) is 0 Å². The summed E-state index contributed by atoms with van der Waals surface area (Å²) in [4.78, 5) is 27.8. The zero-order chi connectivity index (χ0) is 22.9. The Morgan fingerprint density at radius 2 is 0.852 bits per heavy atom. The maximum atomic E-state index is 9.25. The van der Waals surface area contributed by atoms with E-state index in [4.69, 9.17) is 30.6 Å². The normalized spacial score (nSPS) is 8.22. The number of carbonyl (C=O) groups is 3. The summed E-state index contributed by atoms with van der Waals surface area (Å²) < 4.78 is 0. The second kappa shape index (κ2) is 28.3. The van der Waals surface area contributed by atoms with Gasteiger partial charge in [-0.15, -0.1) is 0 Å². The lowest BCUT2D eigenvalue weighted by molar-refractivity contribution is -0.132. The number of hydrogen-bond donors (Lipinski definition) is 6. The van der Waals surface area contributed by atoms with Crippen LogP contribution in [0, 0.1) is 5.41 Å². The van der Waals surface area contributed by atoms with Crippen LogP contribution in [0.4, 0.5) is 0 Å². The zero-order valence-corrected chi connectivity index (χ0v) is 16.3. The van der Waals surface area contributed by atoms with Gasteiger partial charge in [-0.3, -0.25) is 0 Å². The lowest BCUT2D eigenvalue weighted by atomic mass is 9.88. The molecule has 9 heteroatoms. The van der Waals surface area contributed by atoms with E-state index in [2.05, 4.69) is 33.6 Å². The van der Waals surface area contributed by atoms with E-state index in [0.717, 1.165) is 18.2 Å². The van der Waals surface area contributed by atoms with Gasteiger partial charge in [0.25, 0.3) is 0 Å². The van der Waals surface area contributed by atoms with E-state index in [1.54, 1.807) is 0 Å². The predicted octanol–water partition coefficient (Wildman–Crippen LogP) is 1.55. The van der Waals surface area contributed by atoms with Gasteiger partial charge >= 0.3 is 17.9 Å². The molecule has 0 saturated carbocycles. The van der Waals surface area contributed by atoms with Crippen LogP contribution in [0.3, 0.4) is 0 Å². The molecule has 0 aromatic rings. The number of carboxylic acids is 3. The fourth-order valence-corrected chi connectivity index (χ4v) is 0.485. The molecule has 27 heavy (non-hydrogen) atoms. The van der Waals surface area contributed by atoms with Crippen molar-refractivity contribution in [1.29, 1.82) is 0 Å². The Morgan fingerprint density at radius 3 is 0.852 bits per heavy atom. The fraction of sp³-hybridized carbons (Fsp3) is 0.500. The summed E-state index contributed by atoms with van der Waals surface area (Å²) in [7, 11) is 0. The number of aliphatic hydroxyl groups excluding tert-OH is 3. The minimum absolute atomic E-state index is 0.156. The van der Waals surface area contributed by atoms with E-state index in [1.807, 2.05) is 6.92 Å². The molecule has 0 aromatic heterocycles. The molecule has 0 aliphatic carbocycles. The molecule has 0 rings (SSSR count). The van der Waals surface area contributed by atoms with Crippen LogP contribution < -0.4 is 0 Å². The van der Waals surface area contributed by atoms with Gasteiger partial charge in [0.2, 0.25) is 0 Å². The van der Waals surface area contributed by atoms with Gasteiger partial charge < -0.3 is 30.6 Å². The van der Waals surface area contributed by atoms with E-state index >= 15 is 0 Å². The average molecular weight is 394 g/mol. The Hall–Kier alpha value is -2.49. The van der Waals surface area contributed by atoms with Crippen molar-refractivity contribution in [2.45, 2.75) is 33.6 Å². The second-order valence-corrected chi connectivity index (χ2v) is 4.66. The van der Waals surface area contributed by atoms with Crippen LogP contribution in [0.2, 0.25) is 0 Å². The van der Waals surface area contributed by atoms with Crippen LogP contribution in [0.25, 0.3) is 0 Å². The first kappa shape index (κ1) is 35.6. The van der Waals surface area contributed by atoms with Crippen molar-refractivity contribution in [2.24, 2.45) is 5.41 Å². The summed E-state index contributed by atoms with van der Waals surface area (Å²) in [6.07, 6.45) is 4.34. The monoisotopic (exact) mass is 394 g/mol. The highest BCUT2D eigenvalue weighted by Crippen LogP contribution is 2.18. The molecule has 0 radical (unpaired) electrons. The Bertz CT molecular complexity index is 339. The molecule has 0 saturated heterocycles. The van der Waals surface area contributed by atoms with Crippen molar-refractivity contribution in [3.63, 3.8) is 0 Å². The molecule has 0 amide bonds. The smallest absolute Gasteiger partial charge is 0.327 e. The van der Waals surface area contributed by atoms with Gasteiger partial charge in [0.1, 0.15) is 0 Å². The van der Waals surface area contributed by atoms with E-state index in [9.17, 15) is 14.4 Å². The standard InChI is InChI=1S/C6H14O3.3C3H4O2.C3H8/c1-2-6(3-7,4-8)5-9;3*1-2-3(4)5;1-3-2/h7-9H,2-5H2,1H3;3*2H,1H2,(H,4,5);3H2,1-2H3. The molecule has 0 fully saturated rings. The highest BCUT2D eigenvalue weighted by Gasteiger charge is 2.24. The summed E-state index contributed by atoms with van der Waals surface area (Å²) in [5.74, 6) is -2.94. The van der Waals surface area contributed by atoms with Crippen molar-refractivity contribution in [1.82, 2.24) is 0 Å². The molecule has 0 unspecified atom stereocenters. The summed E-state index contributed by atoms with van der Waals surface area (Å²) >= 11 is 0. The molecular formula is C18H34O9. The van der Waals surface area contributed by atoms with E-state index < -0.39 is 23.3 Å². The van der Waals surface area contributed by atoms with Crippen molar-refractivity contribution >= 4 is 17.9 Å². The highest BCUT2D eigenvalue weighted by atomic mass is 16.4. The molecule has 9 nitrogen and oxygen atoms in total. The van der Waals surface area contributed by atoms with E-state index in [1.165, 1.54) is 6.42 Å². The quantitative estimate of drug-likeness (QED) is 0.350. The van der Waals surface area contributed by atoms with Gasteiger partial charge in [-0.05, 0) is 6.42 Å². The molecule has 0 spiro atoms. The van der Waals surface area contributed by atoms with Gasteiger partial charge in [-0.25, -0.2) is 14.4 Å². The van der Waals surface area contributed by atoms with E-state index in [0.29, 0.717) is 6.42 Å². The number of aliphatic hydroxyl groups is 3. The van der Waals surface area contributed by atoms with Crippen molar-refractivity contribution in [2.75, 3.05) is 19.8 Å². The molecule has 0 aromatic carbocycles. The van der Waals surface area contributed by atoms with Crippen molar-refractivity contribution < 1.29 is 45.0 Å². The number of aliphatic carboxylic acids is 3. The number of hydrogen-bond acceptors (Lipinski definition) is 6. The summed E-state index contributed by atoms with van der Waals surface area (Å²) in [5.41, 5.74) is -0.667. The average Bonchev–Trinajstić information content (AvgIpc) is 2.66. The molecule has 160 valence electrons. The minimum atomic E-state index is -0.981. The van der Waals surface area contributed by atoms with Crippen molar-refractivity contribution in [3.8, 4) is 0 Å². The Morgan fingerprint density at radius 1 is 0.704 bits per heavy atom. The highest BCUT2D eigenvalue weighted by molar-refractivity contribution is 5.79. The molecule has 0 heterocycles. The molecular weight excluding hydrogens is 360 g/mol. The largest absolute Gasteiger partial charge is 0.478 e. The van der Waals surface area contributed by atoms with Crippen LogP contribution in [0.15, 0.2) is 38.0 Å². The van der Waals surface area contributed by atoms with Crippen LogP contribution in [0.1, 0.15) is 33.6 Å². The zero-order valence-electron chi connectivity index (χ0n) is 16.3. The minimum Gasteiger partial charge on any atom is -0.478 e. The third-order valence-electron chi connectivity index (χ3n) is 2.28. The number of rotatable bonds is 7. The fourth-order valence-electron chi connectivity index (χ4n) is 0.485. The van der Waals surface area contributed by atoms with Crippen LogP contribution >= 0.6 is 0 Å². The third-order valence-corrected chi connectivity index (χ3v) is 2.28. The summed E-state index contributed by atoms with van der Waals surface area (Å²) in [6.45, 7) is 14.5. The summed E-state index contributed by atoms with van der Waals surface area (Å²) in [6, 6.07) is 0. The first-order valence-corrected chi connectivity index (χ1v) is 7.86. The maximum Gasteiger partial charge on any atom is 0.327 e. The third kappa shape index (κ3) is 45.2. The molecule has 0 aliphatic rings. The predicted molar refractivity (Wildman–Crippen MR) is 103 cm³/mol. The SMILES string of the molecule is C=CC(=O)O.C=CC(=O)O.C=CC(=O)O.CCC.CCC(CO)(CO)CO. The van der Waals surface area contributed by atoms with Crippen LogP contribution in [0.5, 0.6) is 0 Å². The topological polar surface area (TPSA) is 173 Å².